The van der Waals surface area contributed by atoms with Crippen LogP contribution in [0.4, 0.5) is 0 Å². The number of benzene rings is 1. The molecule has 2 nitrogen and oxygen atoms in total. The third-order valence-electron chi connectivity index (χ3n) is 3.91. The number of ketones is 1. The maximum absolute atomic E-state index is 12.5. The van der Waals surface area contributed by atoms with Gasteiger partial charge in [0.05, 0.1) is 5.69 Å². The molecule has 1 aromatic heterocycles. The van der Waals surface area contributed by atoms with Gasteiger partial charge in [0.15, 0.2) is 5.78 Å². The van der Waals surface area contributed by atoms with E-state index in [0.717, 1.165) is 18.7 Å². The average Bonchev–Trinajstić information content (AvgIpc) is 2.79. The molecule has 0 unspecified atom stereocenters. The fraction of sp³-hybridized carbons (Fsp3) is 0.316. The summed E-state index contributed by atoms with van der Waals surface area (Å²) in [5, 5.41) is 0. The molecule has 0 bridgehead atoms. The summed E-state index contributed by atoms with van der Waals surface area (Å²) in [6, 6.07) is 12.2. The standard InChI is InChI=1S/C19H23NO/c1-4-5-13-20-16(3)15(2)14-18(20)19(21)12-11-17-9-7-6-8-10-17/h4-10,14H,11-13H2,1-3H3/b5-4+. The summed E-state index contributed by atoms with van der Waals surface area (Å²) in [5.74, 6) is 0.222. The average molecular weight is 281 g/mol. The smallest absolute Gasteiger partial charge is 0.179 e. The molecule has 21 heavy (non-hydrogen) atoms. The summed E-state index contributed by atoms with van der Waals surface area (Å²) in [6.07, 6.45) is 5.46. The van der Waals surface area contributed by atoms with Gasteiger partial charge < -0.3 is 4.57 Å². The van der Waals surface area contributed by atoms with E-state index in [4.69, 9.17) is 0 Å². The summed E-state index contributed by atoms with van der Waals surface area (Å²) >= 11 is 0. The summed E-state index contributed by atoms with van der Waals surface area (Å²) in [5.41, 5.74) is 4.41. The number of nitrogens with zero attached hydrogens (tertiary/aromatic N) is 1. The van der Waals surface area contributed by atoms with E-state index in [1.54, 1.807) is 0 Å². The number of Topliss-reactive ketones (excluding diaryl/α,β-unsaturated/α-hetero) is 1. The second-order valence-corrected chi connectivity index (χ2v) is 5.39. The van der Waals surface area contributed by atoms with E-state index in [1.165, 1.54) is 16.8 Å². The van der Waals surface area contributed by atoms with Crippen molar-refractivity contribution in [3.63, 3.8) is 0 Å². The molecule has 0 saturated heterocycles. The van der Waals surface area contributed by atoms with Crippen LogP contribution in [0, 0.1) is 13.8 Å². The van der Waals surface area contributed by atoms with Gasteiger partial charge in [-0.3, -0.25) is 4.79 Å². The number of aryl methyl sites for hydroxylation is 2. The number of carbonyl (C=O) groups excluding carboxylic acids is 1. The molecule has 0 spiro atoms. The lowest BCUT2D eigenvalue weighted by Gasteiger charge is -2.09. The molecule has 0 radical (unpaired) electrons. The Bertz CT molecular complexity index is 635. The fourth-order valence-electron chi connectivity index (χ4n) is 2.49. The number of carbonyl (C=O) groups is 1. The molecule has 0 aliphatic rings. The molecule has 0 amide bonds. The molecule has 2 heteroatoms. The molecule has 0 N–H and O–H groups in total. The number of hydrogen-bond acceptors (Lipinski definition) is 1. The van der Waals surface area contributed by atoms with E-state index >= 15 is 0 Å². The minimum atomic E-state index is 0.222. The molecule has 1 aromatic carbocycles. The normalized spacial score (nSPS) is 11.2. The van der Waals surface area contributed by atoms with Gasteiger partial charge in [-0.05, 0) is 44.4 Å². The van der Waals surface area contributed by atoms with E-state index in [-0.39, 0.29) is 5.78 Å². The van der Waals surface area contributed by atoms with Crippen molar-refractivity contribution >= 4 is 5.78 Å². The van der Waals surface area contributed by atoms with Crippen molar-refractivity contribution in [3.8, 4) is 0 Å². The Morgan fingerprint density at radius 1 is 1.19 bits per heavy atom. The van der Waals surface area contributed by atoms with Gasteiger partial charge in [-0.2, -0.15) is 0 Å². The topological polar surface area (TPSA) is 22.0 Å². The first-order valence-electron chi connectivity index (χ1n) is 7.48. The van der Waals surface area contributed by atoms with Gasteiger partial charge in [0.1, 0.15) is 0 Å². The third-order valence-corrected chi connectivity index (χ3v) is 3.91. The van der Waals surface area contributed by atoms with Crippen LogP contribution in [0.2, 0.25) is 0 Å². The van der Waals surface area contributed by atoms with E-state index in [1.807, 2.05) is 37.3 Å². The minimum absolute atomic E-state index is 0.222. The summed E-state index contributed by atoms with van der Waals surface area (Å²) in [7, 11) is 0. The Balaban J connectivity index is 2.13. The van der Waals surface area contributed by atoms with Gasteiger partial charge in [-0.25, -0.2) is 0 Å². The maximum atomic E-state index is 12.5. The van der Waals surface area contributed by atoms with Crippen LogP contribution in [-0.4, -0.2) is 10.4 Å². The van der Waals surface area contributed by atoms with Crippen molar-refractivity contribution in [3.05, 3.63) is 71.1 Å². The van der Waals surface area contributed by atoms with E-state index in [2.05, 4.69) is 36.6 Å². The molecular weight excluding hydrogens is 258 g/mol. The first-order valence-corrected chi connectivity index (χ1v) is 7.48. The van der Waals surface area contributed by atoms with Crippen molar-refractivity contribution in [2.75, 3.05) is 0 Å². The van der Waals surface area contributed by atoms with Gasteiger partial charge >= 0.3 is 0 Å². The molecule has 0 saturated carbocycles. The quantitative estimate of drug-likeness (QED) is 0.564. The molecule has 2 aromatic rings. The van der Waals surface area contributed by atoms with Gasteiger partial charge in [-0.1, -0.05) is 42.5 Å². The number of rotatable bonds is 6. The molecule has 2 rings (SSSR count). The molecule has 1 heterocycles. The third kappa shape index (κ3) is 3.72. The zero-order valence-corrected chi connectivity index (χ0v) is 13.1. The predicted octanol–water partition coefficient (Wildman–Crippen LogP) is 4.50. The largest absolute Gasteiger partial charge is 0.338 e. The molecule has 0 fully saturated rings. The highest BCUT2D eigenvalue weighted by Gasteiger charge is 2.15. The van der Waals surface area contributed by atoms with Crippen LogP contribution in [0.15, 0.2) is 48.6 Å². The Morgan fingerprint density at radius 2 is 1.90 bits per heavy atom. The van der Waals surface area contributed by atoms with E-state index < -0.39 is 0 Å². The van der Waals surface area contributed by atoms with Crippen LogP contribution >= 0.6 is 0 Å². The lowest BCUT2D eigenvalue weighted by Crippen LogP contribution is -2.10. The van der Waals surface area contributed by atoms with E-state index in [0.29, 0.717) is 6.42 Å². The van der Waals surface area contributed by atoms with Crippen LogP contribution in [0.5, 0.6) is 0 Å². The maximum Gasteiger partial charge on any atom is 0.179 e. The highest BCUT2D eigenvalue weighted by Crippen LogP contribution is 2.17. The summed E-state index contributed by atoms with van der Waals surface area (Å²) < 4.78 is 2.11. The van der Waals surface area contributed by atoms with Crippen LogP contribution in [-0.2, 0) is 13.0 Å². The molecule has 110 valence electrons. The zero-order chi connectivity index (χ0) is 15.2. The Labute approximate surface area is 127 Å². The van der Waals surface area contributed by atoms with Crippen molar-refractivity contribution < 1.29 is 4.79 Å². The molecular formula is C19H23NO. The van der Waals surface area contributed by atoms with Crippen LogP contribution < -0.4 is 0 Å². The minimum Gasteiger partial charge on any atom is -0.338 e. The van der Waals surface area contributed by atoms with Crippen molar-refractivity contribution in [1.29, 1.82) is 0 Å². The van der Waals surface area contributed by atoms with E-state index in [9.17, 15) is 4.79 Å². The Hall–Kier alpha value is -2.09. The van der Waals surface area contributed by atoms with Gasteiger partial charge in [-0.15, -0.1) is 0 Å². The second kappa shape index (κ2) is 7.07. The first kappa shape index (κ1) is 15.3. The van der Waals surface area contributed by atoms with Gasteiger partial charge in [0.2, 0.25) is 0 Å². The fourth-order valence-corrected chi connectivity index (χ4v) is 2.49. The summed E-state index contributed by atoms with van der Waals surface area (Å²) in [6.45, 7) is 6.91. The monoisotopic (exact) mass is 281 g/mol. The number of hydrogen-bond donors (Lipinski definition) is 0. The van der Waals surface area contributed by atoms with Crippen LogP contribution in [0.25, 0.3) is 0 Å². The van der Waals surface area contributed by atoms with Crippen molar-refractivity contribution in [2.24, 2.45) is 0 Å². The lowest BCUT2D eigenvalue weighted by atomic mass is 10.1. The molecule has 0 aliphatic carbocycles. The Kier molecular flexibility index (Phi) is 5.15. The number of allylic oxidation sites excluding steroid dienone is 2. The van der Waals surface area contributed by atoms with Crippen molar-refractivity contribution in [2.45, 2.75) is 40.2 Å². The Morgan fingerprint density at radius 3 is 2.57 bits per heavy atom. The highest BCUT2D eigenvalue weighted by atomic mass is 16.1. The van der Waals surface area contributed by atoms with Crippen molar-refractivity contribution in [1.82, 2.24) is 4.57 Å². The number of aromatic nitrogens is 1. The van der Waals surface area contributed by atoms with Gasteiger partial charge in [0, 0.05) is 18.7 Å². The molecule has 0 aliphatic heterocycles. The zero-order valence-electron chi connectivity index (χ0n) is 13.1. The second-order valence-electron chi connectivity index (χ2n) is 5.39. The van der Waals surface area contributed by atoms with Gasteiger partial charge in [0.25, 0.3) is 0 Å². The molecule has 0 atom stereocenters. The first-order chi connectivity index (χ1) is 10.1. The summed E-state index contributed by atoms with van der Waals surface area (Å²) in [4.78, 5) is 12.5. The lowest BCUT2D eigenvalue weighted by molar-refractivity contribution is 0.0974. The van der Waals surface area contributed by atoms with Crippen LogP contribution in [0.1, 0.15) is 40.7 Å². The highest BCUT2D eigenvalue weighted by molar-refractivity contribution is 5.95. The predicted molar refractivity (Wildman–Crippen MR) is 87.8 cm³/mol. The SMILES string of the molecule is C/C=C/Cn1c(C(=O)CCc2ccccc2)cc(C)c1C. The van der Waals surface area contributed by atoms with Crippen LogP contribution in [0.3, 0.4) is 0 Å².